The molecule has 1 fully saturated rings. The van der Waals surface area contributed by atoms with Crippen LogP contribution in [-0.4, -0.2) is 35.3 Å². The van der Waals surface area contributed by atoms with E-state index in [0.717, 1.165) is 26.7 Å². The highest BCUT2D eigenvalue weighted by molar-refractivity contribution is 9.10. The highest BCUT2D eigenvalue weighted by Gasteiger charge is 2.36. The molecule has 3 aromatic rings. The molecule has 0 spiro atoms. The number of carbonyl (C=O) groups excluding carboxylic acids is 3. The normalized spacial score (nSPS) is 15.4. The minimum atomic E-state index is -0.583. The summed E-state index contributed by atoms with van der Waals surface area (Å²) < 4.78 is 30.3. The molecule has 2 heterocycles. The Bertz CT molecular complexity index is 1430. The summed E-state index contributed by atoms with van der Waals surface area (Å²) in [5.74, 6) is 0.0859. The lowest BCUT2D eigenvalue weighted by Gasteiger charge is -2.13. The summed E-state index contributed by atoms with van der Waals surface area (Å²) in [4.78, 5) is 39.1. The largest absolute Gasteiger partial charge is 0.488 e. The summed E-state index contributed by atoms with van der Waals surface area (Å²) in [6.45, 7) is -0.153. The molecule has 37 heavy (non-hydrogen) atoms. The van der Waals surface area contributed by atoms with Crippen LogP contribution in [0.25, 0.3) is 6.08 Å². The lowest BCUT2D eigenvalue weighted by Crippen LogP contribution is -2.36. The molecule has 1 saturated heterocycles. The van der Waals surface area contributed by atoms with E-state index in [1.165, 1.54) is 12.1 Å². The van der Waals surface area contributed by atoms with E-state index < -0.39 is 23.6 Å². The number of thioether (sulfide) groups is 1. The summed E-state index contributed by atoms with van der Waals surface area (Å²) in [6, 6.07) is 16.1. The first-order chi connectivity index (χ1) is 17.9. The van der Waals surface area contributed by atoms with Gasteiger partial charge >= 0.3 is 0 Å². The van der Waals surface area contributed by atoms with Gasteiger partial charge < -0.3 is 19.5 Å². The van der Waals surface area contributed by atoms with E-state index in [9.17, 15) is 18.8 Å². The second-order valence-corrected chi connectivity index (χ2v) is 9.89. The molecular weight excluding hydrogens is 567 g/mol. The standard InChI is InChI=1S/C26H18BrFN2O6S/c27-17-3-7-20(34-13-15-1-4-18(28)5-2-15)16(9-17)10-23-25(32)30(26(33)37-23)12-24(31)29-19-6-8-21-22(11-19)36-14-35-21/h1-11H,12-14H2,(H,29,31)/b23-10-. The third kappa shape index (κ3) is 5.78. The Morgan fingerprint density at radius 1 is 1.08 bits per heavy atom. The smallest absolute Gasteiger partial charge is 0.294 e. The number of hydrogen-bond acceptors (Lipinski definition) is 7. The van der Waals surface area contributed by atoms with Gasteiger partial charge in [0.25, 0.3) is 11.1 Å². The van der Waals surface area contributed by atoms with Crippen molar-refractivity contribution in [3.8, 4) is 17.2 Å². The molecule has 5 rings (SSSR count). The number of rotatable bonds is 7. The molecule has 11 heteroatoms. The van der Waals surface area contributed by atoms with Crippen molar-refractivity contribution in [3.05, 3.63) is 87.0 Å². The Hall–Kier alpha value is -3.83. The van der Waals surface area contributed by atoms with Crippen molar-refractivity contribution in [2.45, 2.75) is 6.61 Å². The molecule has 0 saturated carbocycles. The molecule has 3 amide bonds. The summed E-state index contributed by atoms with van der Waals surface area (Å²) in [7, 11) is 0. The van der Waals surface area contributed by atoms with E-state index in [4.69, 9.17) is 14.2 Å². The minimum Gasteiger partial charge on any atom is -0.488 e. The Balaban J connectivity index is 1.27. The van der Waals surface area contributed by atoms with Gasteiger partial charge in [0.1, 0.15) is 24.7 Å². The SMILES string of the molecule is O=C(CN1C(=O)S/C(=C\c2cc(Br)ccc2OCc2ccc(F)cc2)C1=O)Nc1ccc2c(c1)OCO2. The van der Waals surface area contributed by atoms with Crippen LogP contribution in [0.3, 0.4) is 0 Å². The Labute approximate surface area is 223 Å². The quantitative estimate of drug-likeness (QED) is 0.363. The molecule has 0 unspecified atom stereocenters. The van der Waals surface area contributed by atoms with Gasteiger partial charge in [0.05, 0.1) is 4.91 Å². The molecule has 0 bridgehead atoms. The molecule has 188 valence electrons. The highest BCUT2D eigenvalue weighted by Crippen LogP contribution is 2.36. The van der Waals surface area contributed by atoms with Gasteiger partial charge in [-0.15, -0.1) is 0 Å². The fraction of sp³-hybridized carbons (Fsp3) is 0.115. The molecule has 0 atom stereocenters. The van der Waals surface area contributed by atoms with Crippen molar-refractivity contribution >= 4 is 56.5 Å². The molecule has 0 radical (unpaired) electrons. The van der Waals surface area contributed by atoms with Crippen LogP contribution in [0.1, 0.15) is 11.1 Å². The Kier molecular flexibility index (Phi) is 7.15. The van der Waals surface area contributed by atoms with E-state index in [-0.39, 0.29) is 24.1 Å². The monoisotopic (exact) mass is 584 g/mol. The Morgan fingerprint density at radius 2 is 1.86 bits per heavy atom. The topological polar surface area (TPSA) is 94.2 Å². The van der Waals surface area contributed by atoms with Gasteiger partial charge in [-0.05, 0) is 65.9 Å². The van der Waals surface area contributed by atoms with Crippen LogP contribution in [0.15, 0.2) is 70.0 Å². The van der Waals surface area contributed by atoms with E-state index in [2.05, 4.69) is 21.2 Å². The lowest BCUT2D eigenvalue weighted by molar-refractivity contribution is -0.127. The average molecular weight is 585 g/mol. The number of imide groups is 1. The fourth-order valence-corrected chi connectivity index (χ4v) is 4.81. The second kappa shape index (κ2) is 10.7. The van der Waals surface area contributed by atoms with E-state index in [1.807, 2.05) is 0 Å². The van der Waals surface area contributed by atoms with Crippen LogP contribution in [0.5, 0.6) is 17.2 Å². The van der Waals surface area contributed by atoms with Crippen molar-refractivity contribution in [1.29, 1.82) is 0 Å². The number of amides is 3. The average Bonchev–Trinajstić information content (AvgIpc) is 3.44. The first kappa shape index (κ1) is 24.8. The number of ether oxygens (including phenoxy) is 3. The zero-order valence-corrected chi connectivity index (χ0v) is 21.4. The summed E-state index contributed by atoms with van der Waals surface area (Å²) in [5.41, 5.74) is 1.78. The first-order valence-electron chi connectivity index (χ1n) is 11.0. The molecule has 2 aliphatic rings. The molecule has 0 aliphatic carbocycles. The van der Waals surface area contributed by atoms with Crippen molar-refractivity contribution in [1.82, 2.24) is 4.90 Å². The maximum Gasteiger partial charge on any atom is 0.294 e. The molecular formula is C26H18BrFN2O6S. The summed E-state index contributed by atoms with van der Waals surface area (Å²) in [5, 5.41) is 2.10. The second-order valence-electron chi connectivity index (χ2n) is 7.98. The molecule has 8 nitrogen and oxygen atoms in total. The zero-order valence-electron chi connectivity index (χ0n) is 19.0. The van der Waals surface area contributed by atoms with Crippen LogP contribution in [0.4, 0.5) is 14.9 Å². The molecule has 3 aromatic carbocycles. The van der Waals surface area contributed by atoms with Crippen LogP contribution >= 0.6 is 27.7 Å². The minimum absolute atomic E-state index is 0.104. The number of benzene rings is 3. The van der Waals surface area contributed by atoms with Crippen molar-refractivity contribution in [3.63, 3.8) is 0 Å². The first-order valence-corrected chi connectivity index (χ1v) is 12.6. The van der Waals surface area contributed by atoms with Crippen molar-refractivity contribution in [2.24, 2.45) is 0 Å². The third-order valence-corrected chi connectivity index (χ3v) is 6.80. The predicted molar refractivity (Wildman–Crippen MR) is 139 cm³/mol. The van der Waals surface area contributed by atoms with E-state index >= 15 is 0 Å². The predicted octanol–water partition coefficient (Wildman–Crippen LogP) is 5.57. The number of anilines is 1. The van der Waals surface area contributed by atoms with Gasteiger partial charge in [0.2, 0.25) is 12.7 Å². The zero-order chi connectivity index (χ0) is 25.9. The Morgan fingerprint density at radius 3 is 2.68 bits per heavy atom. The number of fused-ring (bicyclic) bond motifs is 1. The number of nitrogens with one attached hydrogen (secondary N) is 1. The van der Waals surface area contributed by atoms with Gasteiger partial charge in [-0.2, -0.15) is 0 Å². The van der Waals surface area contributed by atoms with Gasteiger partial charge in [-0.1, -0.05) is 28.1 Å². The van der Waals surface area contributed by atoms with E-state index in [0.29, 0.717) is 28.5 Å². The van der Waals surface area contributed by atoms with Crippen LogP contribution in [0, 0.1) is 5.82 Å². The van der Waals surface area contributed by atoms with Gasteiger partial charge in [0, 0.05) is 21.8 Å². The van der Waals surface area contributed by atoms with Gasteiger partial charge in [0.15, 0.2) is 11.5 Å². The number of carbonyl (C=O) groups is 3. The number of halogens is 2. The summed E-state index contributed by atoms with van der Waals surface area (Å²) in [6.07, 6.45) is 1.55. The van der Waals surface area contributed by atoms with Crippen LogP contribution in [0.2, 0.25) is 0 Å². The van der Waals surface area contributed by atoms with Gasteiger partial charge in [-0.3, -0.25) is 19.3 Å². The van der Waals surface area contributed by atoms with Crippen LogP contribution in [-0.2, 0) is 16.2 Å². The maximum atomic E-state index is 13.2. The van der Waals surface area contributed by atoms with Crippen molar-refractivity contribution < 1.29 is 33.0 Å². The number of hydrogen-bond donors (Lipinski definition) is 1. The van der Waals surface area contributed by atoms with E-state index in [1.54, 1.807) is 54.6 Å². The molecule has 2 aliphatic heterocycles. The summed E-state index contributed by atoms with van der Waals surface area (Å²) >= 11 is 4.15. The molecule has 1 N–H and O–H groups in total. The fourth-order valence-electron chi connectivity index (χ4n) is 3.60. The molecule has 0 aromatic heterocycles. The maximum absolute atomic E-state index is 13.2. The lowest BCUT2D eigenvalue weighted by atomic mass is 10.1. The highest BCUT2D eigenvalue weighted by atomic mass is 79.9. The van der Waals surface area contributed by atoms with Crippen LogP contribution < -0.4 is 19.5 Å². The third-order valence-electron chi connectivity index (χ3n) is 5.40. The van der Waals surface area contributed by atoms with Gasteiger partial charge in [-0.25, -0.2) is 4.39 Å². The van der Waals surface area contributed by atoms with Crippen molar-refractivity contribution in [2.75, 3.05) is 18.7 Å². The number of nitrogens with zero attached hydrogens (tertiary/aromatic N) is 1.